The number of allylic oxidation sites excluding steroid dienone is 6. The molecule has 1 heterocycles. The van der Waals surface area contributed by atoms with Crippen molar-refractivity contribution in [1.29, 1.82) is 0 Å². The molecule has 1 aliphatic heterocycles. The Bertz CT molecular complexity index is 903. The number of hydrogen-bond acceptors (Lipinski definition) is 5. The van der Waals surface area contributed by atoms with Gasteiger partial charge in [-0.05, 0) is 51.9 Å². The topological polar surface area (TPSA) is 92.7 Å². The molecular formula is C26H35NO5. The Kier molecular flexibility index (Phi) is 9.39. The number of nitrogens with one attached hydrogen (secondary N) is 1. The number of carbonyl (C=O) groups is 3. The third kappa shape index (κ3) is 6.89. The van der Waals surface area contributed by atoms with Crippen LogP contribution in [0.3, 0.4) is 0 Å². The Morgan fingerprint density at radius 3 is 2.53 bits per heavy atom. The molecule has 2 bridgehead atoms. The van der Waals surface area contributed by atoms with Crippen LogP contribution < -0.4 is 5.32 Å². The first-order chi connectivity index (χ1) is 15.1. The maximum absolute atomic E-state index is 13.1. The SMILES string of the molecule is COC1=C2CC(C)CCC(O)C(C)/C=C(\C)CC/C=C\C=C(/C)C(=O)NC(=CC1=O)C2=O. The summed E-state index contributed by atoms with van der Waals surface area (Å²) in [6.07, 6.45) is 11.5. The quantitative estimate of drug-likeness (QED) is 0.472. The summed E-state index contributed by atoms with van der Waals surface area (Å²) in [7, 11) is 1.36. The molecule has 0 saturated carbocycles. The van der Waals surface area contributed by atoms with Crippen molar-refractivity contribution in [2.24, 2.45) is 11.8 Å². The van der Waals surface area contributed by atoms with Crippen LogP contribution in [0.4, 0.5) is 0 Å². The lowest BCUT2D eigenvalue weighted by molar-refractivity contribution is -0.120. The van der Waals surface area contributed by atoms with Crippen LogP contribution in [0.1, 0.15) is 59.8 Å². The molecule has 32 heavy (non-hydrogen) atoms. The predicted molar refractivity (Wildman–Crippen MR) is 124 cm³/mol. The lowest BCUT2D eigenvalue weighted by Gasteiger charge is -2.22. The van der Waals surface area contributed by atoms with E-state index >= 15 is 0 Å². The molecule has 6 heteroatoms. The number of aliphatic hydroxyl groups is 1. The molecule has 2 aliphatic rings. The molecule has 0 radical (unpaired) electrons. The van der Waals surface area contributed by atoms with Gasteiger partial charge < -0.3 is 15.2 Å². The van der Waals surface area contributed by atoms with Gasteiger partial charge in [-0.2, -0.15) is 0 Å². The van der Waals surface area contributed by atoms with Crippen molar-refractivity contribution in [2.45, 2.75) is 65.9 Å². The van der Waals surface area contributed by atoms with E-state index in [-0.39, 0.29) is 28.9 Å². The van der Waals surface area contributed by atoms with Crippen LogP contribution in [0.5, 0.6) is 0 Å². The molecule has 0 aromatic carbocycles. The zero-order valence-corrected chi connectivity index (χ0v) is 19.7. The summed E-state index contributed by atoms with van der Waals surface area (Å²) in [6.45, 7) is 7.71. The second kappa shape index (κ2) is 11.8. The molecular weight excluding hydrogens is 406 g/mol. The molecule has 3 atom stereocenters. The van der Waals surface area contributed by atoms with E-state index < -0.39 is 23.6 Å². The Balaban J connectivity index is 2.35. The largest absolute Gasteiger partial charge is 0.492 e. The van der Waals surface area contributed by atoms with Crippen LogP contribution in [0.25, 0.3) is 0 Å². The summed E-state index contributed by atoms with van der Waals surface area (Å²) in [6, 6.07) is 0. The third-order valence-electron chi connectivity index (χ3n) is 5.95. The zero-order chi connectivity index (χ0) is 23.8. The fourth-order valence-electron chi connectivity index (χ4n) is 3.91. The van der Waals surface area contributed by atoms with Crippen LogP contribution in [-0.4, -0.2) is 35.8 Å². The summed E-state index contributed by atoms with van der Waals surface area (Å²) in [4.78, 5) is 38.1. The fraction of sp³-hybridized carbons (Fsp3) is 0.500. The number of carbonyl (C=O) groups excluding carboxylic acids is 3. The third-order valence-corrected chi connectivity index (χ3v) is 5.95. The second-order valence-electron chi connectivity index (χ2n) is 8.86. The monoisotopic (exact) mass is 441 g/mol. The van der Waals surface area contributed by atoms with Gasteiger partial charge in [0.2, 0.25) is 11.6 Å². The zero-order valence-electron chi connectivity index (χ0n) is 19.7. The van der Waals surface area contributed by atoms with E-state index in [0.717, 1.165) is 18.9 Å². The minimum Gasteiger partial charge on any atom is -0.492 e. The predicted octanol–water partition coefficient (Wildman–Crippen LogP) is 4.08. The molecule has 6 nitrogen and oxygen atoms in total. The van der Waals surface area contributed by atoms with Crippen LogP contribution in [0.15, 0.2) is 58.6 Å². The number of rotatable bonds is 1. The van der Waals surface area contributed by atoms with Gasteiger partial charge in [-0.1, -0.05) is 43.7 Å². The van der Waals surface area contributed by atoms with Crippen LogP contribution in [-0.2, 0) is 19.1 Å². The Morgan fingerprint density at radius 1 is 1.12 bits per heavy atom. The smallest absolute Gasteiger partial charge is 0.251 e. The number of aliphatic hydroxyl groups excluding tert-OH is 1. The van der Waals surface area contributed by atoms with E-state index in [4.69, 9.17) is 4.74 Å². The van der Waals surface area contributed by atoms with Crippen molar-refractivity contribution in [3.8, 4) is 0 Å². The minimum atomic E-state index is -0.482. The van der Waals surface area contributed by atoms with Crippen LogP contribution in [0.2, 0.25) is 0 Å². The van der Waals surface area contributed by atoms with Gasteiger partial charge >= 0.3 is 0 Å². The number of Topliss-reactive ketones (excluding diaryl/α,β-unsaturated/α-hetero) is 1. The first-order valence-electron chi connectivity index (χ1n) is 11.2. The molecule has 0 saturated heterocycles. The van der Waals surface area contributed by atoms with E-state index in [1.54, 1.807) is 13.0 Å². The van der Waals surface area contributed by atoms with Gasteiger partial charge in [-0.3, -0.25) is 14.4 Å². The number of fused-ring (bicyclic) bond motifs is 2. The Hall–Kier alpha value is -2.73. The van der Waals surface area contributed by atoms with Crippen LogP contribution in [0, 0.1) is 11.8 Å². The van der Waals surface area contributed by atoms with Crippen molar-refractivity contribution in [3.63, 3.8) is 0 Å². The Morgan fingerprint density at radius 2 is 1.84 bits per heavy atom. The summed E-state index contributed by atoms with van der Waals surface area (Å²) in [5.41, 5.74) is 1.87. The van der Waals surface area contributed by atoms with Gasteiger partial charge in [0.15, 0.2) is 5.76 Å². The van der Waals surface area contributed by atoms with E-state index in [9.17, 15) is 19.5 Å². The van der Waals surface area contributed by atoms with E-state index in [2.05, 4.69) is 18.3 Å². The average molecular weight is 442 g/mol. The van der Waals surface area contributed by atoms with Crippen molar-refractivity contribution in [2.75, 3.05) is 7.11 Å². The molecule has 0 spiro atoms. The molecule has 3 unspecified atom stereocenters. The minimum absolute atomic E-state index is 0.0217. The molecule has 0 aromatic rings. The summed E-state index contributed by atoms with van der Waals surface area (Å²) in [5.74, 6) is -1.18. The van der Waals surface area contributed by atoms with E-state index in [1.165, 1.54) is 12.7 Å². The van der Waals surface area contributed by atoms with Gasteiger partial charge in [0.1, 0.15) is 0 Å². The molecule has 0 aromatic heterocycles. The summed E-state index contributed by atoms with van der Waals surface area (Å²) >= 11 is 0. The first-order valence-corrected chi connectivity index (χ1v) is 11.2. The molecule has 1 aliphatic carbocycles. The van der Waals surface area contributed by atoms with E-state index in [1.807, 2.05) is 26.0 Å². The molecule has 0 fully saturated rings. The normalized spacial score (nSPS) is 31.1. The van der Waals surface area contributed by atoms with Crippen molar-refractivity contribution in [3.05, 3.63) is 58.6 Å². The van der Waals surface area contributed by atoms with Gasteiger partial charge in [0.25, 0.3) is 5.91 Å². The summed E-state index contributed by atoms with van der Waals surface area (Å²) < 4.78 is 5.23. The van der Waals surface area contributed by atoms with Crippen LogP contribution >= 0.6 is 0 Å². The number of ketones is 2. The van der Waals surface area contributed by atoms with E-state index in [0.29, 0.717) is 24.8 Å². The van der Waals surface area contributed by atoms with Gasteiger partial charge in [0, 0.05) is 23.1 Å². The van der Waals surface area contributed by atoms with Crippen molar-refractivity contribution in [1.82, 2.24) is 5.32 Å². The number of amides is 1. The average Bonchev–Trinajstić information content (AvgIpc) is 2.74. The summed E-state index contributed by atoms with van der Waals surface area (Å²) in [5, 5.41) is 13.2. The van der Waals surface area contributed by atoms with Gasteiger partial charge in [0.05, 0.1) is 18.9 Å². The molecule has 174 valence electrons. The molecule has 1 amide bonds. The number of ether oxygens (including phenoxy) is 1. The highest BCUT2D eigenvalue weighted by Gasteiger charge is 2.31. The highest BCUT2D eigenvalue weighted by molar-refractivity contribution is 6.23. The molecule has 2 rings (SSSR count). The lowest BCUT2D eigenvalue weighted by Crippen LogP contribution is -2.33. The number of hydrogen-bond donors (Lipinski definition) is 2. The second-order valence-corrected chi connectivity index (χ2v) is 8.86. The van der Waals surface area contributed by atoms with Crippen molar-refractivity contribution < 1.29 is 24.2 Å². The maximum atomic E-state index is 13.1. The highest BCUT2D eigenvalue weighted by atomic mass is 16.5. The van der Waals surface area contributed by atoms with Gasteiger partial charge in [-0.15, -0.1) is 0 Å². The lowest BCUT2D eigenvalue weighted by atomic mass is 9.87. The standard InChI is InChI=1S/C26H35NO5/c1-16-9-7-6-8-10-18(3)26(31)27-21-15-23(29)25(32-5)20(24(21)30)14-17(2)11-12-22(28)19(4)13-16/h6,8,10,13,15,17,19,22,28H,7,9,11-12,14H2,1-5H3,(H,27,31)/b8-6-,16-13+,18-10+. The van der Waals surface area contributed by atoms with Gasteiger partial charge in [-0.25, -0.2) is 0 Å². The highest BCUT2D eigenvalue weighted by Crippen LogP contribution is 2.28. The Labute approximate surface area is 190 Å². The number of methoxy groups -OCH3 is 1. The molecule has 2 N–H and O–H groups in total. The first kappa shape index (κ1) is 25.5. The van der Waals surface area contributed by atoms with Crippen molar-refractivity contribution >= 4 is 17.5 Å². The fourth-order valence-corrected chi connectivity index (χ4v) is 3.91. The maximum Gasteiger partial charge on any atom is 0.251 e.